The van der Waals surface area contributed by atoms with E-state index in [4.69, 9.17) is 21.4 Å². The average Bonchev–Trinajstić information content (AvgIpc) is 2.35. The van der Waals surface area contributed by atoms with Gasteiger partial charge in [0.25, 0.3) is 0 Å². The summed E-state index contributed by atoms with van der Waals surface area (Å²) in [7, 11) is 1.70. The Labute approximate surface area is 108 Å². The predicted octanol–water partition coefficient (Wildman–Crippen LogP) is 2.39. The normalized spacial score (nSPS) is 12.6. The number of hydrogen-bond acceptors (Lipinski definition) is 3. The van der Waals surface area contributed by atoms with Crippen LogP contribution in [0.1, 0.15) is 24.4 Å². The number of methoxy groups -OCH3 is 1. The molecule has 1 aromatic rings. The molecule has 1 rings (SSSR count). The first kappa shape index (κ1) is 14.5. The Morgan fingerprint density at radius 3 is 2.65 bits per heavy atom. The molecular weight excluding hydrogens is 238 g/mol. The molecule has 0 fully saturated rings. The van der Waals surface area contributed by atoms with E-state index in [0.29, 0.717) is 6.61 Å². The molecule has 96 valence electrons. The van der Waals surface area contributed by atoms with E-state index >= 15 is 0 Å². The molecule has 0 saturated carbocycles. The summed E-state index contributed by atoms with van der Waals surface area (Å²) < 4.78 is 5.11. The molecule has 0 aliphatic heterocycles. The fraction of sp³-hybridized carbons (Fsp3) is 0.538. The van der Waals surface area contributed by atoms with E-state index in [1.54, 1.807) is 7.11 Å². The Bertz CT molecular complexity index is 303. The molecule has 0 aliphatic rings. The first-order valence-corrected chi connectivity index (χ1v) is 6.24. The summed E-state index contributed by atoms with van der Waals surface area (Å²) >= 11 is 5.87. The van der Waals surface area contributed by atoms with Gasteiger partial charge in [-0.3, -0.25) is 0 Å². The maximum absolute atomic E-state index is 8.78. The van der Waals surface area contributed by atoms with Gasteiger partial charge in [-0.25, -0.2) is 0 Å². The molecular formula is C13H20ClNO2. The third kappa shape index (κ3) is 5.50. The molecule has 4 heteroatoms. The second-order valence-corrected chi connectivity index (χ2v) is 4.35. The summed E-state index contributed by atoms with van der Waals surface area (Å²) in [6.45, 7) is 1.72. The van der Waals surface area contributed by atoms with Crippen molar-refractivity contribution in [3.8, 4) is 0 Å². The van der Waals surface area contributed by atoms with Crippen molar-refractivity contribution in [1.82, 2.24) is 5.32 Å². The maximum Gasteiger partial charge on any atom is 0.0480 e. The van der Waals surface area contributed by atoms with Crippen LogP contribution in [0.25, 0.3) is 0 Å². The third-order valence-electron chi connectivity index (χ3n) is 2.61. The lowest BCUT2D eigenvalue weighted by Crippen LogP contribution is -2.24. The molecule has 0 aromatic heterocycles. The largest absolute Gasteiger partial charge is 0.396 e. The fourth-order valence-corrected chi connectivity index (χ4v) is 1.80. The summed E-state index contributed by atoms with van der Waals surface area (Å²) in [4.78, 5) is 0. The molecule has 0 heterocycles. The van der Waals surface area contributed by atoms with Crippen molar-refractivity contribution in [3.63, 3.8) is 0 Å². The van der Waals surface area contributed by atoms with Crippen molar-refractivity contribution in [3.05, 3.63) is 34.9 Å². The van der Waals surface area contributed by atoms with E-state index in [1.165, 1.54) is 5.56 Å². The minimum Gasteiger partial charge on any atom is -0.396 e. The lowest BCUT2D eigenvalue weighted by Gasteiger charge is -2.18. The lowest BCUT2D eigenvalue weighted by molar-refractivity contribution is 0.182. The number of halogens is 1. The number of benzene rings is 1. The minimum absolute atomic E-state index is 0.213. The van der Waals surface area contributed by atoms with Gasteiger partial charge in [-0.2, -0.15) is 0 Å². The SMILES string of the molecule is COCCC(NCCCO)c1ccc(Cl)cc1. The van der Waals surface area contributed by atoms with Gasteiger partial charge in [0.15, 0.2) is 0 Å². The fourth-order valence-electron chi connectivity index (χ4n) is 1.67. The van der Waals surface area contributed by atoms with Gasteiger partial charge in [0.05, 0.1) is 0 Å². The van der Waals surface area contributed by atoms with Crippen LogP contribution < -0.4 is 5.32 Å². The molecule has 0 saturated heterocycles. The van der Waals surface area contributed by atoms with Gasteiger partial charge < -0.3 is 15.2 Å². The zero-order valence-corrected chi connectivity index (χ0v) is 10.9. The highest BCUT2D eigenvalue weighted by molar-refractivity contribution is 6.30. The Morgan fingerprint density at radius 1 is 1.35 bits per heavy atom. The molecule has 0 radical (unpaired) electrons. The molecule has 0 spiro atoms. The highest BCUT2D eigenvalue weighted by atomic mass is 35.5. The number of aliphatic hydroxyl groups excluding tert-OH is 1. The van der Waals surface area contributed by atoms with Crippen LogP contribution in [-0.4, -0.2) is 32.0 Å². The van der Waals surface area contributed by atoms with Crippen LogP contribution in [0.2, 0.25) is 5.02 Å². The van der Waals surface area contributed by atoms with Crippen LogP contribution in [0, 0.1) is 0 Å². The van der Waals surface area contributed by atoms with Gasteiger partial charge in [-0.15, -0.1) is 0 Å². The first-order valence-electron chi connectivity index (χ1n) is 5.86. The monoisotopic (exact) mass is 257 g/mol. The zero-order chi connectivity index (χ0) is 12.5. The molecule has 0 aliphatic carbocycles. The maximum atomic E-state index is 8.78. The molecule has 0 bridgehead atoms. The van der Waals surface area contributed by atoms with Crippen LogP contribution in [0.4, 0.5) is 0 Å². The van der Waals surface area contributed by atoms with E-state index in [-0.39, 0.29) is 12.6 Å². The quantitative estimate of drug-likeness (QED) is 0.703. The van der Waals surface area contributed by atoms with Gasteiger partial charge in [0.2, 0.25) is 0 Å². The number of hydrogen-bond donors (Lipinski definition) is 2. The summed E-state index contributed by atoms with van der Waals surface area (Å²) in [5, 5.41) is 12.9. The summed E-state index contributed by atoms with van der Waals surface area (Å²) in [6, 6.07) is 8.08. The lowest BCUT2D eigenvalue weighted by atomic mass is 10.0. The number of nitrogens with one attached hydrogen (secondary N) is 1. The Hall–Kier alpha value is -0.610. The first-order chi connectivity index (χ1) is 8.27. The number of aliphatic hydroxyl groups is 1. The van der Waals surface area contributed by atoms with E-state index in [0.717, 1.165) is 24.4 Å². The topological polar surface area (TPSA) is 41.5 Å². The van der Waals surface area contributed by atoms with Crippen molar-refractivity contribution in [1.29, 1.82) is 0 Å². The van der Waals surface area contributed by atoms with E-state index in [1.807, 2.05) is 24.3 Å². The van der Waals surface area contributed by atoms with E-state index in [2.05, 4.69) is 5.32 Å². The van der Waals surface area contributed by atoms with Crippen LogP contribution in [0.3, 0.4) is 0 Å². The number of ether oxygens (including phenoxy) is 1. The van der Waals surface area contributed by atoms with Crippen molar-refractivity contribution >= 4 is 11.6 Å². The second kappa shape index (κ2) is 8.48. The van der Waals surface area contributed by atoms with Crippen LogP contribution in [0.5, 0.6) is 0 Å². The molecule has 17 heavy (non-hydrogen) atoms. The molecule has 1 unspecified atom stereocenters. The Kier molecular flexibility index (Phi) is 7.21. The van der Waals surface area contributed by atoms with E-state index in [9.17, 15) is 0 Å². The second-order valence-electron chi connectivity index (χ2n) is 3.92. The van der Waals surface area contributed by atoms with Crippen molar-refractivity contribution in [2.45, 2.75) is 18.9 Å². The smallest absolute Gasteiger partial charge is 0.0480 e. The van der Waals surface area contributed by atoms with Crippen molar-refractivity contribution < 1.29 is 9.84 Å². The molecule has 3 nitrogen and oxygen atoms in total. The Balaban J connectivity index is 2.57. The van der Waals surface area contributed by atoms with Crippen LogP contribution in [0.15, 0.2) is 24.3 Å². The highest BCUT2D eigenvalue weighted by Gasteiger charge is 2.10. The standard InChI is InChI=1S/C13H20ClNO2/c1-17-10-7-13(15-8-2-9-16)11-3-5-12(14)6-4-11/h3-6,13,15-16H,2,7-10H2,1H3. The molecule has 0 amide bonds. The summed E-state index contributed by atoms with van der Waals surface area (Å²) in [5.41, 5.74) is 1.20. The van der Waals surface area contributed by atoms with Gasteiger partial charge in [0.1, 0.15) is 0 Å². The average molecular weight is 258 g/mol. The summed E-state index contributed by atoms with van der Waals surface area (Å²) in [5.74, 6) is 0. The van der Waals surface area contributed by atoms with Crippen molar-refractivity contribution in [2.24, 2.45) is 0 Å². The minimum atomic E-state index is 0.213. The third-order valence-corrected chi connectivity index (χ3v) is 2.86. The molecule has 1 aromatic carbocycles. The van der Waals surface area contributed by atoms with Crippen LogP contribution >= 0.6 is 11.6 Å². The van der Waals surface area contributed by atoms with Crippen molar-refractivity contribution in [2.75, 3.05) is 26.9 Å². The summed E-state index contributed by atoms with van der Waals surface area (Å²) in [6.07, 6.45) is 1.67. The predicted molar refractivity (Wildman–Crippen MR) is 70.4 cm³/mol. The van der Waals surface area contributed by atoms with Gasteiger partial charge >= 0.3 is 0 Å². The Morgan fingerprint density at radius 2 is 2.06 bits per heavy atom. The van der Waals surface area contributed by atoms with Gasteiger partial charge in [0, 0.05) is 31.4 Å². The van der Waals surface area contributed by atoms with Gasteiger partial charge in [-0.1, -0.05) is 23.7 Å². The molecule has 1 atom stereocenters. The molecule has 2 N–H and O–H groups in total. The van der Waals surface area contributed by atoms with Crippen LogP contribution in [-0.2, 0) is 4.74 Å². The van der Waals surface area contributed by atoms with Gasteiger partial charge in [-0.05, 0) is 37.1 Å². The van der Waals surface area contributed by atoms with E-state index < -0.39 is 0 Å². The highest BCUT2D eigenvalue weighted by Crippen LogP contribution is 2.19. The zero-order valence-electron chi connectivity index (χ0n) is 10.2. The number of rotatable bonds is 8.